The first kappa shape index (κ1) is 22.0. The van der Waals surface area contributed by atoms with Crippen LogP contribution in [-0.4, -0.2) is 15.9 Å². The van der Waals surface area contributed by atoms with Crippen molar-refractivity contribution in [1.82, 2.24) is 9.97 Å². The fourth-order valence-corrected chi connectivity index (χ4v) is 4.84. The highest BCUT2D eigenvalue weighted by atomic mass is 32.1. The highest BCUT2D eigenvalue weighted by molar-refractivity contribution is 7.14. The van der Waals surface area contributed by atoms with Crippen molar-refractivity contribution in [3.63, 3.8) is 0 Å². The zero-order chi connectivity index (χ0) is 23.7. The third kappa shape index (κ3) is 4.22. The van der Waals surface area contributed by atoms with Gasteiger partial charge >= 0.3 is 0 Å². The number of rotatable bonds is 5. The van der Waals surface area contributed by atoms with Crippen molar-refractivity contribution in [2.75, 3.05) is 5.32 Å². The number of nitrogens with zero attached hydrogens (tertiary/aromatic N) is 2. The summed E-state index contributed by atoms with van der Waals surface area (Å²) in [5.74, 6) is -0.174. The number of aromatic nitrogens is 2. The van der Waals surface area contributed by atoms with Crippen LogP contribution in [0.4, 0.5) is 5.13 Å². The summed E-state index contributed by atoms with van der Waals surface area (Å²) in [5.41, 5.74) is 8.47. The molecule has 0 saturated heterocycles. The number of carbonyl (C=O) groups is 1. The van der Waals surface area contributed by atoms with Crippen LogP contribution in [0.3, 0.4) is 0 Å². The van der Waals surface area contributed by atoms with E-state index in [2.05, 4.69) is 72.7 Å². The summed E-state index contributed by atoms with van der Waals surface area (Å²) in [7, 11) is 0. The topological polar surface area (TPSA) is 54.9 Å². The van der Waals surface area contributed by atoms with Crippen LogP contribution in [0.1, 0.15) is 34.0 Å². The van der Waals surface area contributed by atoms with Crippen LogP contribution in [0, 0.1) is 13.8 Å². The molecule has 5 heteroatoms. The quantitative estimate of drug-likeness (QED) is 0.294. The number of aryl methyl sites for hydroxylation is 2. The van der Waals surface area contributed by atoms with Crippen LogP contribution >= 0.6 is 11.3 Å². The van der Waals surface area contributed by atoms with Gasteiger partial charge in [-0.2, -0.15) is 0 Å². The number of nitrogens with one attached hydrogen (secondary N) is 1. The molecule has 3 aromatic carbocycles. The predicted octanol–water partition coefficient (Wildman–Crippen LogP) is 7.46. The van der Waals surface area contributed by atoms with Crippen LogP contribution in [0.2, 0.25) is 0 Å². The van der Waals surface area contributed by atoms with Gasteiger partial charge in [-0.15, -0.1) is 11.3 Å². The number of para-hydroxylation sites is 1. The van der Waals surface area contributed by atoms with E-state index in [4.69, 9.17) is 4.98 Å². The van der Waals surface area contributed by atoms with Crippen LogP contribution < -0.4 is 5.32 Å². The first-order valence-corrected chi connectivity index (χ1v) is 12.2. The van der Waals surface area contributed by atoms with Crippen molar-refractivity contribution in [3.05, 3.63) is 100 Å². The molecule has 5 aromatic rings. The molecular weight excluding hydrogens is 438 g/mol. The molecule has 0 aliphatic rings. The van der Waals surface area contributed by atoms with Gasteiger partial charge in [-0.05, 0) is 37.5 Å². The Kier molecular flexibility index (Phi) is 5.95. The molecule has 5 rings (SSSR count). The third-order valence-corrected chi connectivity index (χ3v) is 6.83. The minimum absolute atomic E-state index is 0.174. The van der Waals surface area contributed by atoms with Crippen molar-refractivity contribution < 1.29 is 4.79 Å². The molecule has 2 aromatic heterocycles. The monoisotopic (exact) mass is 463 g/mol. The van der Waals surface area contributed by atoms with Crippen LogP contribution in [-0.2, 0) is 6.42 Å². The second kappa shape index (κ2) is 9.20. The molecule has 1 amide bonds. The van der Waals surface area contributed by atoms with Gasteiger partial charge in [0.25, 0.3) is 5.91 Å². The van der Waals surface area contributed by atoms with Gasteiger partial charge in [0.1, 0.15) is 0 Å². The van der Waals surface area contributed by atoms with E-state index < -0.39 is 0 Å². The number of thiazole rings is 1. The molecule has 2 heterocycles. The Balaban J connectivity index is 1.51. The molecule has 168 valence electrons. The molecule has 0 aliphatic carbocycles. The molecule has 0 aliphatic heterocycles. The van der Waals surface area contributed by atoms with E-state index >= 15 is 0 Å². The molecule has 34 heavy (non-hydrogen) atoms. The summed E-state index contributed by atoms with van der Waals surface area (Å²) >= 11 is 1.43. The first-order valence-electron chi connectivity index (χ1n) is 11.4. The van der Waals surface area contributed by atoms with Crippen molar-refractivity contribution in [1.29, 1.82) is 0 Å². The third-order valence-electron chi connectivity index (χ3n) is 6.07. The first-order chi connectivity index (χ1) is 16.5. The number of hydrogen-bond donors (Lipinski definition) is 1. The van der Waals surface area contributed by atoms with Crippen LogP contribution in [0.25, 0.3) is 33.4 Å². The SMILES string of the molecule is CCc1ccc(-c2csc(NC(=O)c3c(C)c(-c4ccc(C)cc4)nc4ccccc34)n2)cc1. The van der Waals surface area contributed by atoms with Crippen LogP contribution in [0.5, 0.6) is 0 Å². The largest absolute Gasteiger partial charge is 0.298 e. The Morgan fingerprint density at radius 1 is 0.882 bits per heavy atom. The average molecular weight is 464 g/mol. The molecule has 0 radical (unpaired) electrons. The molecule has 0 bridgehead atoms. The zero-order valence-electron chi connectivity index (χ0n) is 19.4. The Morgan fingerprint density at radius 2 is 1.59 bits per heavy atom. The fourth-order valence-electron chi connectivity index (χ4n) is 4.13. The number of pyridine rings is 1. The smallest absolute Gasteiger partial charge is 0.258 e. The second-order valence-corrected chi connectivity index (χ2v) is 9.24. The Bertz CT molecular complexity index is 1480. The van der Waals surface area contributed by atoms with E-state index in [0.29, 0.717) is 10.7 Å². The minimum atomic E-state index is -0.174. The second-order valence-electron chi connectivity index (χ2n) is 8.39. The maximum Gasteiger partial charge on any atom is 0.258 e. The lowest BCUT2D eigenvalue weighted by molar-refractivity contribution is 0.102. The predicted molar refractivity (Wildman–Crippen MR) is 142 cm³/mol. The Morgan fingerprint density at radius 3 is 2.32 bits per heavy atom. The molecular formula is C29H25N3OS. The highest BCUT2D eigenvalue weighted by Gasteiger charge is 2.20. The number of anilines is 1. The summed E-state index contributed by atoms with van der Waals surface area (Å²) < 4.78 is 0. The van der Waals surface area contributed by atoms with Crippen molar-refractivity contribution in [2.45, 2.75) is 27.2 Å². The van der Waals surface area contributed by atoms with E-state index in [-0.39, 0.29) is 5.91 Å². The van der Waals surface area contributed by atoms with Gasteiger partial charge in [-0.25, -0.2) is 9.97 Å². The van der Waals surface area contributed by atoms with E-state index in [0.717, 1.165) is 45.4 Å². The van der Waals surface area contributed by atoms with Crippen LogP contribution in [0.15, 0.2) is 78.2 Å². The van der Waals surface area contributed by atoms with Crippen molar-refractivity contribution >= 4 is 33.3 Å². The minimum Gasteiger partial charge on any atom is -0.298 e. The Hall–Kier alpha value is -3.83. The summed E-state index contributed by atoms with van der Waals surface area (Å²) in [6, 6.07) is 24.4. The average Bonchev–Trinajstić information content (AvgIpc) is 3.32. The van der Waals surface area contributed by atoms with Crippen molar-refractivity contribution in [2.24, 2.45) is 0 Å². The van der Waals surface area contributed by atoms with Gasteiger partial charge in [-0.3, -0.25) is 10.1 Å². The van der Waals surface area contributed by atoms with E-state index in [9.17, 15) is 4.79 Å². The summed E-state index contributed by atoms with van der Waals surface area (Å²) in [4.78, 5) is 23.1. The summed E-state index contributed by atoms with van der Waals surface area (Å²) in [6.45, 7) is 6.16. The lowest BCUT2D eigenvalue weighted by Crippen LogP contribution is -2.15. The molecule has 0 saturated carbocycles. The zero-order valence-corrected chi connectivity index (χ0v) is 20.2. The fraction of sp³-hybridized carbons (Fsp3) is 0.138. The molecule has 0 spiro atoms. The number of amides is 1. The molecule has 0 unspecified atom stereocenters. The van der Waals surface area contributed by atoms with E-state index in [1.54, 1.807) is 0 Å². The number of fused-ring (bicyclic) bond motifs is 1. The van der Waals surface area contributed by atoms with E-state index in [1.807, 2.05) is 36.6 Å². The maximum absolute atomic E-state index is 13.5. The molecule has 1 N–H and O–H groups in total. The number of carbonyl (C=O) groups excluding carboxylic acids is 1. The van der Waals surface area contributed by atoms with Gasteiger partial charge in [0, 0.05) is 21.9 Å². The molecule has 0 atom stereocenters. The summed E-state index contributed by atoms with van der Waals surface area (Å²) in [5, 5.41) is 6.42. The number of benzene rings is 3. The highest BCUT2D eigenvalue weighted by Crippen LogP contribution is 2.31. The van der Waals surface area contributed by atoms with Gasteiger partial charge in [0.2, 0.25) is 0 Å². The van der Waals surface area contributed by atoms with Gasteiger partial charge < -0.3 is 0 Å². The molecule has 0 fully saturated rings. The summed E-state index contributed by atoms with van der Waals surface area (Å²) in [6.07, 6.45) is 1.00. The normalized spacial score (nSPS) is 11.0. The lowest BCUT2D eigenvalue weighted by atomic mass is 9.97. The molecule has 4 nitrogen and oxygen atoms in total. The lowest BCUT2D eigenvalue weighted by Gasteiger charge is -2.14. The maximum atomic E-state index is 13.5. The Labute approximate surface area is 203 Å². The van der Waals surface area contributed by atoms with Gasteiger partial charge in [0.05, 0.1) is 22.5 Å². The standard InChI is InChI=1S/C29H25N3OS/c1-4-20-11-15-21(16-12-20)25-17-34-29(31-25)32-28(33)26-19(3)27(22-13-9-18(2)10-14-22)30-24-8-6-5-7-23(24)26/h5-17H,4H2,1-3H3,(H,31,32,33). The van der Waals surface area contributed by atoms with Gasteiger partial charge in [-0.1, -0.05) is 79.2 Å². The van der Waals surface area contributed by atoms with Gasteiger partial charge in [0.15, 0.2) is 5.13 Å². The number of hydrogen-bond acceptors (Lipinski definition) is 4. The van der Waals surface area contributed by atoms with Crippen molar-refractivity contribution in [3.8, 4) is 22.5 Å². The van der Waals surface area contributed by atoms with E-state index in [1.165, 1.54) is 22.5 Å².